The SMILES string of the molecule is CCOC(=O)NC(=O)OC(=O)NC(=O)OCC. The summed E-state index contributed by atoms with van der Waals surface area (Å²) in [7, 11) is 0. The molecule has 96 valence electrons. The summed E-state index contributed by atoms with van der Waals surface area (Å²) in [6, 6.07) is 0. The third-order valence-electron chi connectivity index (χ3n) is 1.14. The van der Waals surface area contributed by atoms with Crippen molar-refractivity contribution in [3.05, 3.63) is 0 Å². The van der Waals surface area contributed by atoms with Crippen LogP contribution in [0.5, 0.6) is 0 Å². The number of amides is 4. The Hall–Kier alpha value is -2.32. The van der Waals surface area contributed by atoms with Gasteiger partial charge in [0.15, 0.2) is 0 Å². The Morgan fingerprint density at radius 1 is 0.765 bits per heavy atom. The first-order valence-corrected chi connectivity index (χ1v) is 4.62. The molecule has 9 heteroatoms. The Labute approximate surface area is 96.4 Å². The zero-order chi connectivity index (χ0) is 13.3. The molecule has 0 aliphatic heterocycles. The molecule has 0 rings (SSSR count). The van der Waals surface area contributed by atoms with Crippen LogP contribution in [0.2, 0.25) is 0 Å². The second-order valence-corrected chi connectivity index (χ2v) is 2.37. The average molecular weight is 248 g/mol. The predicted octanol–water partition coefficient (Wildman–Crippen LogP) is 0.735. The van der Waals surface area contributed by atoms with Gasteiger partial charge in [-0.3, -0.25) is 0 Å². The van der Waals surface area contributed by atoms with E-state index in [1.54, 1.807) is 10.6 Å². The molecule has 0 unspecified atom stereocenters. The lowest BCUT2D eigenvalue weighted by atomic mass is 10.8. The lowest BCUT2D eigenvalue weighted by Crippen LogP contribution is -2.38. The van der Waals surface area contributed by atoms with Gasteiger partial charge in [-0.05, 0) is 13.8 Å². The minimum Gasteiger partial charge on any atom is -0.449 e. The van der Waals surface area contributed by atoms with E-state index in [0.29, 0.717) is 0 Å². The van der Waals surface area contributed by atoms with Crippen molar-refractivity contribution in [2.45, 2.75) is 13.8 Å². The van der Waals surface area contributed by atoms with Crippen LogP contribution in [-0.4, -0.2) is 37.6 Å². The number of nitrogens with one attached hydrogen (secondary N) is 2. The zero-order valence-electron chi connectivity index (χ0n) is 9.27. The first kappa shape index (κ1) is 14.7. The number of rotatable bonds is 2. The first-order chi connectivity index (χ1) is 7.99. The normalized spacial score (nSPS) is 8.82. The van der Waals surface area contributed by atoms with Crippen LogP contribution < -0.4 is 10.6 Å². The van der Waals surface area contributed by atoms with E-state index in [0.717, 1.165) is 0 Å². The molecule has 0 aromatic heterocycles. The molecule has 0 saturated carbocycles. The second-order valence-electron chi connectivity index (χ2n) is 2.37. The second kappa shape index (κ2) is 7.91. The largest absolute Gasteiger partial charge is 0.449 e. The molecule has 0 aliphatic rings. The highest BCUT2D eigenvalue weighted by Gasteiger charge is 2.16. The third kappa shape index (κ3) is 7.59. The molecule has 17 heavy (non-hydrogen) atoms. The Balaban J connectivity index is 3.92. The average Bonchev–Trinajstić information content (AvgIpc) is 2.16. The molecule has 0 aliphatic carbocycles. The number of ether oxygens (including phenoxy) is 3. The van der Waals surface area contributed by atoms with E-state index in [2.05, 4.69) is 14.2 Å². The molecule has 0 heterocycles. The summed E-state index contributed by atoms with van der Waals surface area (Å²) in [5, 5.41) is 3.16. The fourth-order valence-electron chi connectivity index (χ4n) is 0.636. The van der Waals surface area contributed by atoms with Gasteiger partial charge in [0.2, 0.25) is 0 Å². The molecule has 0 aromatic carbocycles. The van der Waals surface area contributed by atoms with Crippen molar-refractivity contribution in [2.75, 3.05) is 13.2 Å². The van der Waals surface area contributed by atoms with Gasteiger partial charge in [0.1, 0.15) is 0 Å². The molecule has 0 saturated heterocycles. The van der Waals surface area contributed by atoms with E-state index in [4.69, 9.17) is 0 Å². The summed E-state index contributed by atoms with van der Waals surface area (Å²) < 4.78 is 12.7. The fraction of sp³-hybridized carbons (Fsp3) is 0.500. The van der Waals surface area contributed by atoms with Crippen LogP contribution in [0.15, 0.2) is 0 Å². The van der Waals surface area contributed by atoms with Crippen LogP contribution in [0.3, 0.4) is 0 Å². The number of carbonyl (C=O) groups is 4. The van der Waals surface area contributed by atoms with Gasteiger partial charge in [-0.1, -0.05) is 0 Å². The van der Waals surface area contributed by atoms with Crippen LogP contribution in [0.1, 0.15) is 13.8 Å². The summed E-state index contributed by atoms with van der Waals surface area (Å²) in [6.07, 6.45) is -4.88. The van der Waals surface area contributed by atoms with Crippen molar-refractivity contribution in [3.8, 4) is 0 Å². The van der Waals surface area contributed by atoms with Crippen molar-refractivity contribution in [1.29, 1.82) is 0 Å². The standard InChI is InChI=1S/C8H12N2O7/c1-3-15-5(11)9-7(13)17-8(14)10-6(12)16-4-2/h3-4H2,1-2H3,(H,9,11,13)(H,10,12,14). The Morgan fingerprint density at radius 2 is 1.12 bits per heavy atom. The van der Waals surface area contributed by atoms with E-state index >= 15 is 0 Å². The smallest absolute Gasteiger partial charge is 0.425 e. The van der Waals surface area contributed by atoms with Crippen molar-refractivity contribution in [1.82, 2.24) is 10.6 Å². The van der Waals surface area contributed by atoms with E-state index in [1.807, 2.05) is 0 Å². The molecule has 4 amide bonds. The number of carbonyl (C=O) groups excluding carboxylic acids is 4. The zero-order valence-corrected chi connectivity index (χ0v) is 9.27. The molecule has 0 atom stereocenters. The van der Waals surface area contributed by atoms with Gasteiger partial charge in [0.25, 0.3) is 0 Å². The molecule has 0 fully saturated rings. The molecule has 0 spiro atoms. The summed E-state index contributed by atoms with van der Waals surface area (Å²) in [5.41, 5.74) is 0. The maximum absolute atomic E-state index is 10.8. The van der Waals surface area contributed by atoms with Gasteiger partial charge in [0, 0.05) is 0 Å². The Kier molecular flexibility index (Phi) is 6.83. The lowest BCUT2D eigenvalue weighted by molar-refractivity contribution is 0.127. The predicted molar refractivity (Wildman–Crippen MR) is 52.2 cm³/mol. The Bertz CT molecular complexity index is 285. The first-order valence-electron chi connectivity index (χ1n) is 4.62. The fourth-order valence-corrected chi connectivity index (χ4v) is 0.636. The third-order valence-corrected chi connectivity index (χ3v) is 1.14. The van der Waals surface area contributed by atoms with Gasteiger partial charge < -0.3 is 14.2 Å². The van der Waals surface area contributed by atoms with Crippen LogP contribution in [0, 0.1) is 0 Å². The molecule has 0 radical (unpaired) electrons. The molecule has 2 N–H and O–H groups in total. The minimum absolute atomic E-state index is 0.0497. The number of hydrogen-bond acceptors (Lipinski definition) is 7. The number of alkyl carbamates (subject to hydrolysis) is 4. The van der Waals surface area contributed by atoms with Crippen LogP contribution >= 0.6 is 0 Å². The van der Waals surface area contributed by atoms with Gasteiger partial charge >= 0.3 is 24.4 Å². The molecule has 0 bridgehead atoms. The molecule has 9 nitrogen and oxygen atoms in total. The van der Waals surface area contributed by atoms with Gasteiger partial charge in [-0.25, -0.2) is 29.8 Å². The molecular weight excluding hydrogens is 236 g/mol. The van der Waals surface area contributed by atoms with Gasteiger partial charge in [-0.15, -0.1) is 0 Å². The van der Waals surface area contributed by atoms with Crippen molar-refractivity contribution < 1.29 is 33.4 Å². The Morgan fingerprint density at radius 3 is 1.41 bits per heavy atom. The van der Waals surface area contributed by atoms with Crippen molar-refractivity contribution >= 4 is 24.4 Å². The van der Waals surface area contributed by atoms with Gasteiger partial charge in [-0.2, -0.15) is 0 Å². The monoisotopic (exact) mass is 248 g/mol. The van der Waals surface area contributed by atoms with Crippen LogP contribution in [0.25, 0.3) is 0 Å². The van der Waals surface area contributed by atoms with Crippen molar-refractivity contribution in [3.63, 3.8) is 0 Å². The maximum atomic E-state index is 10.8. The highest BCUT2D eigenvalue weighted by Crippen LogP contribution is 1.85. The van der Waals surface area contributed by atoms with Crippen LogP contribution in [0.4, 0.5) is 19.2 Å². The van der Waals surface area contributed by atoms with E-state index in [-0.39, 0.29) is 13.2 Å². The highest BCUT2D eigenvalue weighted by atomic mass is 16.6. The van der Waals surface area contributed by atoms with E-state index < -0.39 is 24.4 Å². The van der Waals surface area contributed by atoms with Crippen LogP contribution in [-0.2, 0) is 14.2 Å². The molecule has 0 aromatic rings. The number of hydrogen-bond donors (Lipinski definition) is 2. The van der Waals surface area contributed by atoms with Crippen molar-refractivity contribution in [2.24, 2.45) is 0 Å². The summed E-state index contributed by atoms with van der Waals surface area (Å²) in [4.78, 5) is 43.1. The summed E-state index contributed by atoms with van der Waals surface area (Å²) >= 11 is 0. The molecular formula is C8H12N2O7. The number of imide groups is 2. The van der Waals surface area contributed by atoms with Gasteiger partial charge in [0.05, 0.1) is 13.2 Å². The summed E-state index contributed by atoms with van der Waals surface area (Å²) in [6.45, 7) is 3.15. The topological polar surface area (TPSA) is 120 Å². The summed E-state index contributed by atoms with van der Waals surface area (Å²) in [5.74, 6) is 0. The highest BCUT2D eigenvalue weighted by molar-refractivity contribution is 5.96. The maximum Gasteiger partial charge on any atom is 0.425 e. The minimum atomic E-state index is -1.37. The van der Waals surface area contributed by atoms with E-state index in [1.165, 1.54) is 13.8 Å². The van der Waals surface area contributed by atoms with E-state index in [9.17, 15) is 19.2 Å². The lowest BCUT2D eigenvalue weighted by Gasteiger charge is -2.05. The quantitative estimate of drug-likeness (QED) is 0.546.